The summed E-state index contributed by atoms with van der Waals surface area (Å²) in [5.41, 5.74) is 0.663. The molecule has 1 aliphatic heterocycles. The minimum absolute atomic E-state index is 0.0236. The first-order valence-electron chi connectivity index (χ1n) is 5.88. The molecule has 2 rings (SSSR count). The van der Waals surface area contributed by atoms with E-state index in [0.29, 0.717) is 25.4 Å². The molecule has 0 saturated carbocycles. The number of hydrogen-bond acceptors (Lipinski definition) is 7. The molecule has 0 aliphatic carbocycles. The average molecular weight is 258 g/mol. The van der Waals surface area contributed by atoms with Crippen LogP contribution in [0.25, 0.3) is 0 Å². The molecular weight excluding hydrogens is 240 g/mol. The van der Waals surface area contributed by atoms with E-state index in [1.807, 2.05) is 0 Å². The van der Waals surface area contributed by atoms with Crippen LogP contribution < -0.4 is 5.32 Å². The fourth-order valence-electron chi connectivity index (χ4n) is 1.89. The lowest BCUT2D eigenvalue weighted by atomic mass is 10.1. The van der Waals surface area contributed by atoms with E-state index in [9.17, 15) is 10.2 Å². The van der Waals surface area contributed by atoms with E-state index in [-0.39, 0.29) is 19.3 Å². The monoisotopic (exact) mass is 258 g/mol. The SMILES string of the molecule is OCCOCc1cn(C[C@@H]2NC[C@@H](O)[C@H]2O)nn1. The van der Waals surface area contributed by atoms with Crippen molar-refractivity contribution in [2.24, 2.45) is 0 Å². The number of aromatic nitrogens is 3. The van der Waals surface area contributed by atoms with Crippen molar-refractivity contribution in [2.75, 3.05) is 19.8 Å². The van der Waals surface area contributed by atoms with Crippen molar-refractivity contribution < 1.29 is 20.1 Å². The van der Waals surface area contributed by atoms with Gasteiger partial charge < -0.3 is 25.4 Å². The van der Waals surface area contributed by atoms with Gasteiger partial charge in [0.15, 0.2) is 0 Å². The van der Waals surface area contributed by atoms with Crippen LogP contribution in [-0.2, 0) is 17.9 Å². The third kappa shape index (κ3) is 3.24. The molecule has 102 valence electrons. The predicted molar refractivity (Wildman–Crippen MR) is 60.6 cm³/mol. The molecule has 18 heavy (non-hydrogen) atoms. The summed E-state index contributed by atoms with van der Waals surface area (Å²) in [7, 11) is 0. The number of nitrogens with zero attached hydrogens (tertiary/aromatic N) is 3. The van der Waals surface area contributed by atoms with Crippen molar-refractivity contribution in [1.29, 1.82) is 0 Å². The largest absolute Gasteiger partial charge is 0.394 e. The first kappa shape index (κ1) is 13.4. The van der Waals surface area contributed by atoms with Gasteiger partial charge in [-0.15, -0.1) is 5.10 Å². The second-order valence-electron chi connectivity index (χ2n) is 4.28. The predicted octanol–water partition coefficient (Wildman–Crippen LogP) is -2.52. The molecule has 1 aliphatic rings. The number of β-amino-alcohol motifs (C(OH)–C–C–N with tert-alkyl or cyclic N) is 1. The zero-order chi connectivity index (χ0) is 13.0. The third-order valence-electron chi connectivity index (χ3n) is 2.85. The maximum absolute atomic E-state index is 9.67. The van der Waals surface area contributed by atoms with Crippen LogP contribution in [0.15, 0.2) is 6.20 Å². The number of nitrogens with one attached hydrogen (secondary N) is 1. The molecule has 3 atom stereocenters. The fraction of sp³-hybridized carbons (Fsp3) is 0.800. The molecule has 0 spiro atoms. The Kier molecular flexibility index (Phi) is 4.61. The van der Waals surface area contributed by atoms with Crippen molar-refractivity contribution in [1.82, 2.24) is 20.3 Å². The molecule has 8 heteroatoms. The molecule has 2 heterocycles. The molecule has 0 amide bonds. The van der Waals surface area contributed by atoms with Crippen LogP contribution in [0, 0.1) is 0 Å². The molecule has 1 saturated heterocycles. The lowest BCUT2D eigenvalue weighted by molar-refractivity contribution is 0.0371. The molecule has 1 aromatic heterocycles. The van der Waals surface area contributed by atoms with Crippen LogP contribution in [0.2, 0.25) is 0 Å². The van der Waals surface area contributed by atoms with Gasteiger partial charge in [-0.25, -0.2) is 0 Å². The molecule has 0 unspecified atom stereocenters. The number of rotatable bonds is 6. The summed E-state index contributed by atoms with van der Waals surface area (Å²) in [6.07, 6.45) is 0.199. The van der Waals surface area contributed by atoms with Crippen LogP contribution in [0.5, 0.6) is 0 Å². The Morgan fingerprint density at radius 2 is 2.33 bits per heavy atom. The van der Waals surface area contributed by atoms with Gasteiger partial charge in [0, 0.05) is 6.54 Å². The smallest absolute Gasteiger partial charge is 0.108 e. The lowest BCUT2D eigenvalue weighted by Gasteiger charge is -2.15. The molecule has 8 nitrogen and oxygen atoms in total. The summed E-state index contributed by atoms with van der Waals surface area (Å²) in [6.45, 7) is 1.36. The third-order valence-corrected chi connectivity index (χ3v) is 2.85. The van der Waals surface area contributed by atoms with Crippen molar-refractivity contribution >= 4 is 0 Å². The fourth-order valence-corrected chi connectivity index (χ4v) is 1.89. The molecule has 0 bridgehead atoms. The quantitative estimate of drug-likeness (QED) is 0.416. The highest BCUT2D eigenvalue weighted by Gasteiger charge is 2.33. The second-order valence-corrected chi connectivity index (χ2v) is 4.28. The van der Waals surface area contributed by atoms with Crippen molar-refractivity contribution in [3.05, 3.63) is 11.9 Å². The zero-order valence-corrected chi connectivity index (χ0v) is 9.94. The molecule has 0 radical (unpaired) electrons. The second kappa shape index (κ2) is 6.21. The van der Waals surface area contributed by atoms with E-state index in [1.54, 1.807) is 10.9 Å². The Labute approximate surface area is 104 Å². The maximum atomic E-state index is 9.67. The van der Waals surface area contributed by atoms with Gasteiger partial charge >= 0.3 is 0 Å². The molecule has 0 aromatic carbocycles. The first-order chi connectivity index (χ1) is 8.70. The minimum atomic E-state index is -0.789. The Morgan fingerprint density at radius 3 is 3.00 bits per heavy atom. The first-order valence-corrected chi connectivity index (χ1v) is 5.88. The summed E-state index contributed by atoms with van der Waals surface area (Å²) in [4.78, 5) is 0. The minimum Gasteiger partial charge on any atom is -0.394 e. The highest BCUT2D eigenvalue weighted by atomic mass is 16.5. The zero-order valence-electron chi connectivity index (χ0n) is 9.94. The Morgan fingerprint density at radius 1 is 1.50 bits per heavy atom. The Balaban J connectivity index is 1.83. The van der Waals surface area contributed by atoms with Crippen molar-refractivity contribution in [3.63, 3.8) is 0 Å². The maximum Gasteiger partial charge on any atom is 0.108 e. The van der Waals surface area contributed by atoms with Gasteiger partial charge in [-0.1, -0.05) is 5.21 Å². The van der Waals surface area contributed by atoms with Gasteiger partial charge in [-0.2, -0.15) is 0 Å². The van der Waals surface area contributed by atoms with Gasteiger partial charge in [0.1, 0.15) is 5.69 Å². The van der Waals surface area contributed by atoms with Crippen LogP contribution in [-0.4, -0.2) is 68.3 Å². The van der Waals surface area contributed by atoms with Crippen LogP contribution in [0.3, 0.4) is 0 Å². The van der Waals surface area contributed by atoms with Gasteiger partial charge in [0.05, 0.1) is 50.8 Å². The summed E-state index contributed by atoms with van der Waals surface area (Å²) in [6, 6.07) is -0.229. The number of aliphatic hydroxyl groups is 3. The molecule has 1 fully saturated rings. The Bertz CT molecular complexity index is 373. The summed E-state index contributed by atoms with van der Waals surface area (Å²) in [5, 5.41) is 38.5. The van der Waals surface area contributed by atoms with Crippen molar-refractivity contribution in [3.8, 4) is 0 Å². The van der Waals surface area contributed by atoms with Crippen LogP contribution >= 0.6 is 0 Å². The van der Waals surface area contributed by atoms with E-state index < -0.39 is 12.2 Å². The highest BCUT2D eigenvalue weighted by molar-refractivity contribution is 4.94. The van der Waals surface area contributed by atoms with Gasteiger partial charge in [0.25, 0.3) is 0 Å². The van der Waals surface area contributed by atoms with Gasteiger partial charge in [-0.3, -0.25) is 4.68 Å². The topological polar surface area (TPSA) is 113 Å². The van der Waals surface area contributed by atoms with E-state index >= 15 is 0 Å². The summed E-state index contributed by atoms with van der Waals surface area (Å²) in [5.74, 6) is 0. The van der Waals surface area contributed by atoms with Gasteiger partial charge in [0.2, 0.25) is 0 Å². The van der Waals surface area contributed by atoms with E-state index in [1.165, 1.54) is 0 Å². The Hall–Kier alpha value is -1.06. The van der Waals surface area contributed by atoms with Crippen LogP contribution in [0.1, 0.15) is 5.69 Å². The number of aliphatic hydroxyl groups excluding tert-OH is 3. The van der Waals surface area contributed by atoms with Gasteiger partial charge in [-0.05, 0) is 0 Å². The molecule has 1 aromatic rings. The molecule has 4 N–H and O–H groups in total. The van der Waals surface area contributed by atoms with Crippen LogP contribution in [0.4, 0.5) is 0 Å². The lowest BCUT2D eigenvalue weighted by Crippen LogP contribution is -2.36. The normalized spacial score (nSPS) is 27.8. The molecular formula is C10H18N4O4. The standard InChI is InChI=1S/C10H18N4O4/c15-1-2-18-6-7-4-14(13-12-7)5-8-10(17)9(16)3-11-8/h4,8-11,15-17H,1-3,5-6H2/t8-,9+,10-/m0/s1. The average Bonchev–Trinajstić information content (AvgIpc) is 2.92. The van der Waals surface area contributed by atoms with E-state index in [2.05, 4.69) is 15.6 Å². The number of ether oxygens (including phenoxy) is 1. The van der Waals surface area contributed by atoms with E-state index in [0.717, 1.165) is 0 Å². The number of hydrogen-bond donors (Lipinski definition) is 4. The van der Waals surface area contributed by atoms with Crippen molar-refractivity contribution in [2.45, 2.75) is 31.4 Å². The summed E-state index contributed by atoms with van der Waals surface area (Å²) < 4.78 is 6.71. The summed E-state index contributed by atoms with van der Waals surface area (Å²) >= 11 is 0. The van der Waals surface area contributed by atoms with E-state index in [4.69, 9.17) is 9.84 Å². The highest BCUT2D eigenvalue weighted by Crippen LogP contribution is 2.09.